The van der Waals surface area contributed by atoms with Gasteiger partial charge in [0.05, 0.1) is 8.66 Å². The zero-order chi connectivity index (χ0) is 14.2. The van der Waals surface area contributed by atoms with Crippen LogP contribution in [-0.4, -0.2) is 13.0 Å². The zero-order valence-corrected chi connectivity index (χ0v) is 13.9. The minimum atomic E-state index is 0.0313. The molecule has 0 aliphatic heterocycles. The van der Waals surface area contributed by atoms with Crippen molar-refractivity contribution in [2.24, 2.45) is 0 Å². The highest BCUT2D eigenvalue weighted by atomic mass is 79.9. The number of carbonyl (C=O) groups is 1. The van der Waals surface area contributed by atoms with Gasteiger partial charge in [0, 0.05) is 12.7 Å². The highest BCUT2D eigenvalue weighted by Crippen LogP contribution is 2.29. The molecule has 4 heteroatoms. The van der Waals surface area contributed by atoms with Gasteiger partial charge in [-0.2, -0.15) is 0 Å². The number of hydrogen-bond donors (Lipinski definition) is 0. The Morgan fingerprint density at radius 1 is 1.11 bits per heavy atom. The van der Waals surface area contributed by atoms with Gasteiger partial charge in [-0.15, -0.1) is 11.3 Å². The van der Waals surface area contributed by atoms with Crippen molar-refractivity contribution in [3.63, 3.8) is 0 Å². The van der Waals surface area contributed by atoms with E-state index in [1.165, 1.54) is 11.3 Å². The van der Waals surface area contributed by atoms with E-state index in [0.29, 0.717) is 0 Å². The maximum Gasteiger partial charge on any atom is 0.268 e. The van der Waals surface area contributed by atoms with Crippen LogP contribution in [0.5, 0.6) is 0 Å². The Kier molecular flexibility index (Phi) is 4.11. The van der Waals surface area contributed by atoms with E-state index in [1.54, 1.807) is 4.90 Å². The summed E-state index contributed by atoms with van der Waals surface area (Å²) in [6, 6.07) is 8.09. The van der Waals surface area contributed by atoms with Gasteiger partial charge in [0.1, 0.15) is 0 Å². The summed E-state index contributed by atoms with van der Waals surface area (Å²) in [7, 11) is 1.82. The second kappa shape index (κ2) is 5.47. The number of thiophene rings is 1. The maximum atomic E-state index is 12.4. The number of hydrogen-bond acceptors (Lipinski definition) is 2. The average Bonchev–Trinajstić information content (AvgIpc) is 2.66. The Labute approximate surface area is 126 Å². The molecule has 1 amide bonds. The molecule has 2 aromatic rings. The molecular formula is C15H16BrNOS. The lowest BCUT2D eigenvalue weighted by molar-refractivity contribution is 0.0997. The molecule has 0 spiro atoms. The molecule has 1 aromatic carbocycles. The van der Waals surface area contributed by atoms with Gasteiger partial charge >= 0.3 is 0 Å². The smallest absolute Gasteiger partial charge is 0.268 e. The summed E-state index contributed by atoms with van der Waals surface area (Å²) < 4.78 is 1.02. The highest BCUT2D eigenvalue weighted by Gasteiger charge is 2.17. The first-order chi connectivity index (χ1) is 8.88. The van der Waals surface area contributed by atoms with Gasteiger partial charge in [-0.3, -0.25) is 4.79 Å². The summed E-state index contributed by atoms with van der Waals surface area (Å²) in [5.41, 5.74) is 4.36. The van der Waals surface area contributed by atoms with E-state index in [9.17, 15) is 4.79 Å². The number of halogens is 1. The Balaban J connectivity index is 2.33. The molecule has 0 aliphatic carbocycles. The third-order valence-corrected chi connectivity index (χ3v) is 5.09. The van der Waals surface area contributed by atoms with Gasteiger partial charge < -0.3 is 4.90 Å². The number of rotatable bonds is 2. The van der Waals surface area contributed by atoms with Gasteiger partial charge in [-0.05, 0) is 71.6 Å². The summed E-state index contributed by atoms with van der Waals surface area (Å²) in [4.78, 5) is 14.9. The Morgan fingerprint density at radius 2 is 1.68 bits per heavy atom. The van der Waals surface area contributed by atoms with Gasteiger partial charge in [-0.25, -0.2) is 0 Å². The van der Waals surface area contributed by atoms with E-state index >= 15 is 0 Å². The third kappa shape index (κ3) is 3.07. The number of carbonyl (C=O) groups excluding carboxylic acids is 1. The van der Waals surface area contributed by atoms with Crippen LogP contribution >= 0.6 is 27.3 Å². The van der Waals surface area contributed by atoms with Crippen molar-refractivity contribution < 1.29 is 4.79 Å². The van der Waals surface area contributed by atoms with Crippen LogP contribution in [0.25, 0.3) is 0 Å². The number of benzene rings is 1. The normalized spacial score (nSPS) is 10.6. The Morgan fingerprint density at radius 3 is 2.16 bits per heavy atom. The van der Waals surface area contributed by atoms with Crippen LogP contribution in [0.2, 0.25) is 0 Å². The first-order valence-electron chi connectivity index (χ1n) is 6.01. The number of anilines is 1. The van der Waals surface area contributed by atoms with E-state index in [-0.39, 0.29) is 5.91 Å². The first-order valence-corrected chi connectivity index (χ1v) is 7.61. The summed E-state index contributed by atoms with van der Waals surface area (Å²) in [5.74, 6) is 0.0313. The van der Waals surface area contributed by atoms with E-state index in [0.717, 1.165) is 31.0 Å². The molecule has 0 saturated heterocycles. The first kappa shape index (κ1) is 14.3. The Hall–Kier alpha value is -1.13. The highest BCUT2D eigenvalue weighted by molar-refractivity contribution is 9.11. The van der Waals surface area contributed by atoms with Crippen LogP contribution in [0.15, 0.2) is 28.1 Å². The largest absolute Gasteiger partial charge is 0.311 e. The molecule has 0 aliphatic rings. The van der Waals surface area contributed by atoms with Crippen LogP contribution in [-0.2, 0) is 0 Å². The average molecular weight is 338 g/mol. The number of aryl methyl sites for hydroxylation is 3. The third-order valence-electron chi connectivity index (χ3n) is 2.97. The zero-order valence-electron chi connectivity index (χ0n) is 11.5. The molecule has 1 heterocycles. The Bertz CT molecular complexity index is 593. The standard InChI is InChI=1S/C15H16BrNOS/c1-9-5-10(2)7-12(6-9)17(4)15(18)13-8-11(3)14(16)19-13/h5-8H,1-4H3. The van der Waals surface area contributed by atoms with Crippen molar-refractivity contribution in [3.05, 3.63) is 49.6 Å². The minimum Gasteiger partial charge on any atom is -0.311 e. The monoisotopic (exact) mass is 337 g/mol. The van der Waals surface area contributed by atoms with E-state index < -0.39 is 0 Å². The molecule has 0 N–H and O–H groups in total. The van der Waals surface area contributed by atoms with Gasteiger partial charge in [0.15, 0.2) is 0 Å². The molecule has 100 valence electrons. The molecule has 0 radical (unpaired) electrons. The molecule has 0 saturated carbocycles. The van der Waals surface area contributed by atoms with Crippen LogP contribution in [0.4, 0.5) is 5.69 Å². The van der Waals surface area contributed by atoms with Crippen molar-refractivity contribution in [2.45, 2.75) is 20.8 Å². The van der Waals surface area contributed by atoms with Gasteiger partial charge in [0.2, 0.25) is 0 Å². The summed E-state index contributed by atoms with van der Waals surface area (Å²) in [6.07, 6.45) is 0. The number of nitrogens with zero attached hydrogens (tertiary/aromatic N) is 1. The second-order valence-corrected chi connectivity index (χ2v) is 7.15. The predicted molar refractivity (Wildman–Crippen MR) is 85.4 cm³/mol. The second-order valence-electron chi connectivity index (χ2n) is 4.78. The summed E-state index contributed by atoms with van der Waals surface area (Å²) in [5, 5.41) is 0. The lowest BCUT2D eigenvalue weighted by atomic mass is 10.1. The maximum absolute atomic E-state index is 12.4. The fourth-order valence-corrected chi connectivity index (χ4v) is 3.50. The fraction of sp³-hybridized carbons (Fsp3) is 0.267. The van der Waals surface area contributed by atoms with Gasteiger partial charge in [0.25, 0.3) is 5.91 Å². The van der Waals surface area contributed by atoms with Crippen molar-refractivity contribution in [3.8, 4) is 0 Å². The molecule has 0 unspecified atom stereocenters. The number of amides is 1. The summed E-state index contributed by atoms with van der Waals surface area (Å²) >= 11 is 4.94. The van der Waals surface area contributed by atoms with Crippen molar-refractivity contribution >= 4 is 38.9 Å². The predicted octanol–water partition coefficient (Wildman–Crippen LogP) is 4.71. The molecule has 0 bridgehead atoms. The van der Waals surface area contributed by atoms with Crippen molar-refractivity contribution in [2.75, 3.05) is 11.9 Å². The van der Waals surface area contributed by atoms with Crippen LogP contribution in [0.1, 0.15) is 26.4 Å². The van der Waals surface area contributed by atoms with Crippen LogP contribution < -0.4 is 4.90 Å². The van der Waals surface area contributed by atoms with E-state index in [4.69, 9.17) is 0 Å². The van der Waals surface area contributed by atoms with Crippen LogP contribution in [0, 0.1) is 20.8 Å². The molecule has 0 fully saturated rings. The molecule has 2 rings (SSSR count). The minimum absolute atomic E-state index is 0.0313. The molecular weight excluding hydrogens is 322 g/mol. The molecule has 2 nitrogen and oxygen atoms in total. The van der Waals surface area contributed by atoms with Crippen molar-refractivity contribution in [1.29, 1.82) is 0 Å². The summed E-state index contributed by atoms with van der Waals surface area (Å²) in [6.45, 7) is 6.08. The van der Waals surface area contributed by atoms with Gasteiger partial charge in [-0.1, -0.05) is 6.07 Å². The molecule has 0 atom stereocenters. The van der Waals surface area contributed by atoms with Crippen LogP contribution in [0.3, 0.4) is 0 Å². The van der Waals surface area contributed by atoms with E-state index in [2.05, 4.69) is 22.0 Å². The quantitative estimate of drug-likeness (QED) is 0.776. The molecule has 1 aromatic heterocycles. The lowest BCUT2D eigenvalue weighted by Crippen LogP contribution is -2.25. The fourth-order valence-electron chi connectivity index (χ4n) is 1.99. The lowest BCUT2D eigenvalue weighted by Gasteiger charge is -2.17. The van der Waals surface area contributed by atoms with Crippen molar-refractivity contribution in [1.82, 2.24) is 0 Å². The SMILES string of the molecule is Cc1cc(C)cc(N(C)C(=O)c2cc(C)c(Br)s2)c1. The van der Waals surface area contributed by atoms with E-state index in [1.807, 2.05) is 46.0 Å². The molecule has 19 heavy (non-hydrogen) atoms. The topological polar surface area (TPSA) is 20.3 Å².